The highest BCUT2D eigenvalue weighted by Crippen LogP contribution is 2.06. The van der Waals surface area contributed by atoms with E-state index in [1.54, 1.807) is 16.0 Å². The Morgan fingerprint density at radius 1 is 1.00 bits per heavy atom. The molecule has 1 aliphatic rings. The van der Waals surface area contributed by atoms with E-state index in [2.05, 4.69) is 37.4 Å². The van der Waals surface area contributed by atoms with Crippen LogP contribution in [-0.4, -0.2) is 17.6 Å². The molecule has 0 fully saturated rings. The van der Waals surface area contributed by atoms with Crippen LogP contribution in [0.4, 0.5) is 0 Å². The van der Waals surface area contributed by atoms with Crippen LogP contribution in [0.5, 0.6) is 0 Å². The van der Waals surface area contributed by atoms with Gasteiger partial charge in [-0.25, -0.2) is 0 Å². The van der Waals surface area contributed by atoms with Crippen molar-refractivity contribution in [2.75, 3.05) is 0 Å². The standard InChI is InChI=1S/C9H14Si2/c1-10-7-11(2)9-6-4-3-5-8(9)10/h3-6,10-11H,7H2,1-2H3. The Labute approximate surface area is 71.5 Å². The molecule has 58 valence electrons. The second-order valence-electron chi connectivity index (χ2n) is 3.67. The van der Waals surface area contributed by atoms with Crippen molar-refractivity contribution in [3.8, 4) is 0 Å². The zero-order chi connectivity index (χ0) is 7.84. The third kappa shape index (κ3) is 1.10. The molecule has 2 atom stereocenters. The molecule has 0 radical (unpaired) electrons. The lowest BCUT2D eigenvalue weighted by Gasteiger charge is -2.01. The molecule has 0 nitrogen and oxygen atoms in total. The first kappa shape index (κ1) is 7.31. The molecule has 11 heavy (non-hydrogen) atoms. The van der Waals surface area contributed by atoms with Gasteiger partial charge in [0.25, 0.3) is 0 Å². The summed E-state index contributed by atoms with van der Waals surface area (Å²) in [6.45, 7) is 4.99. The largest absolute Gasteiger partial charge is 0.0682 e. The second kappa shape index (κ2) is 2.61. The van der Waals surface area contributed by atoms with Gasteiger partial charge in [-0.05, 0) is 0 Å². The van der Waals surface area contributed by atoms with Crippen molar-refractivity contribution in [3.63, 3.8) is 0 Å². The predicted octanol–water partition coefficient (Wildman–Crippen LogP) is 0.367. The summed E-state index contributed by atoms with van der Waals surface area (Å²) in [5.41, 5.74) is 1.61. The van der Waals surface area contributed by atoms with Crippen LogP contribution in [0.25, 0.3) is 0 Å². The summed E-state index contributed by atoms with van der Waals surface area (Å²) in [5.74, 6) is 0. The van der Waals surface area contributed by atoms with E-state index in [1.807, 2.05) is 0 Å². The molecule has 0 aliphatic carbocycles. The molecule has 1 heterocycles. The number of benzene rings is 1. The van der Waals surface area contributed by atoms with Gasteiger partial charge in [0, 0.05) is 0 Å². The molecule has 1 aliphatic heterocycles. The summed E-state index contributed by atoms with van der Waals surface area (Å²) < 4.78 is 0. The molecule has 0 spiro atoms. The first-order valence-corrected chi connectivity index (χ1v) is 9.47. The fourth-order valence-corrected chi connectivity index (χ4v) is 12.4. The molecule has 0 aromatic heterocycles. The Kier molecular flexibility index (Phi) is 1.73. The topological polar surface area (TPSA) is 0 Å². The van der Waals surface area contributed by atoms with Gasteiger partial charge in [-0.15, -0.1) is 0 Å². The lowest BCUT2D eigenvalue weighted by atomic mass is 10.4. The highest BCUT2D eigenvalue weighted by molar-refractivity contribution is 6.98. The first-order valence-electron chi connectivity index (χ1n) is 4.38. The monoisotopic (exact) mass is 178 g/mol. The van der Waals surface area contributed by atoms with Crippen molar-refractivity contribution in [3.05, 3.63) is 24.3 Å². The lowest BCUT2D eigenvalue weighted by molar-refractivity contribution is 1.81. The highest BCUT2D eigenvalue weighted by Gasteiger charge is 2.25. The van der Waals surface area contributed by atoms with Gasteiger partial charge in [-0.1, -0.05) is 53.4 Å². The van der Waals surface area contributed by atoms with Crippen LogP contribution in [-0.2, 0) is 0 Å². The molecule has 0 amide bonds. The van der Waals surface area contributed by atoms with Crippen LogP contribution in [0.15, 0.2) is 24.3 Å². The van der Waals surface area contributed by atoms with Crippen molar-refractivity contribution in [2.24, 2.45) is 0 Å². The van der Waals surface area contributed by atoms with Crippen molar-refractivity contribution >= 4 is 28.0 Å². The number of rotatable bonds is 0. The van der Waals surface area contributed by atoms with E-state index >= 15 is 0 Å². The van der Waals surface area contributed by atoms with E-state index < -0.39 is 17.6 Å². The fraction of sp³-hybridized carbons (Fsp3) is 0.333. The van der Waals surface area contributed by atoms with Gasteiger partial charge in [0.1, 0.15) is 0 Å². The molecule has 0 N–H and O–H groups in total. The first-order chi connectivity index (χ1) is 5.29. The van der Waals surface area contributed by atoms with Gasteiger partial charge in [-0.2, -0.15) is 0 Å². The minimum absolute atomic E-state index is 0.443. The fourth-order valence-electron chi connectivity index (χ4n) is 2.19. The summed E-state index contributed by atoms with van der Waals surface area (Å²) in [6.07, 6.45) is 0. The van der Waals surface area contributed by atoms with E-state index in [0.29, 0.717) is 0 Å². The van der Waals surface area contributed by atoms with Gasteiger partial charge >= 0.3 is 0 Å². The third-order valence-corrected chi connectivity index (χ3v) is 11.9. The molecule has 2 rings (SSSR count). The minimum Gasteiger partial charge on any atom is -0.0682 e. The van der Waals surface area contributed by atoms with Gasteiger partial charge in [0.15, 0.2) is 0 Å². The average Bonchev–Trinajstić information content (AvgIpc) is 2.30. The summed E-state index contributed by atoms with van der Waals surface area (Å²) >= 11 is 0. The second-order valence-corrected chi connectivity index (χ2v) is 10.4. The zero-order valence-electron chi connectivity index (χ0n) is 7.17. The third-order valence-electron chi connectivity index (χ3n) is 2.76. The zero-order valence-corrected chi connectivity index (χ0v) is 9.48. The average molecular weight is 178 g/mol. The smallest absolute Gasteiger partial charge is 0.0651 e. The number of hydrogen-bond acceptors (Lipinski definition) is 0. The molecule has 0 saturated heterocycles. The molecular weight excluding hydrogens is 164 g/mol. The van der Waals surface area contributed by atoms with Crippen LogP contribution >= 0.6 is 0 Å². The Hall–Kier alpha value is -0.346. The van der Waals surface area contributed by atoms with Crippen molar-refractivity contribution < 1.29 is 0 Å². The normalized spacial score (nSPS) is 28.5. The summed E-state index contributed by atoms with van der Waals surface area (Å²) in [4.78, 5) is 0. The Bertz CT molecular complexity index is 243. The van der Waals surface area contributed by atoms with Crippen LogP contribution in [0, 0.1) is 0 Å². The predicted molar refractivity (Wildman–Crippen MR) is 56.5 cm³/mol. The maximum Gasteiger partial charge on any atom is 0.0651 e. The maximum absolute atomic E-state index is 2.50. The number of fused-ring (bicyclic) bond motifs is 1. The number of hydrogen-bond donors (Lipinski definition) is 0. The molecule has 0 bridgehead atoms. The quantitative estimate of drug-likeness (QED) is 0.504. The van der Waals surface area contributed by atoms with Crippen LogP contribution in [0.2, 0.25) is 18.8 Å². The Balaban J connectivity index is 2.52. The Morgan fingerprint density at radius 3 is 1.91 bits per heavy atom. The van der Waals surface area contributed by atoms with Crippen molar-refractivity contribution in [1.82, 2.24) is 0 Å². The van der Waals surface area contributed by atoms with E-state index in [0.717, 1.165) is 0 Å². The molecule has 0 saturated carbocycles. The van der Waals surface area contributed by atoms with E-state index in [9.17, 15) is 0 Å². The van der Waals surface area contributed by atoms with Crippen LogP contribution in [0.1, 0.15) is 0 Å². The summed E-state index contributed by atoms with van der Waals surface area (Å²) in [7, 11) is -0.886. The van der Waals surface area contributed by atoms with Crippen molar-refractivity contribution in [2.45, 2.75) is 18.8 Å². The minimum atomic E-state index is -0.443. The van der Waals surface area contributed by atoms with Crippen LogP contribution in [0.3, 0.4) is 0 Å². The molecular formula is C9H14Si2. The summed E-state index contributed by atoms with van der Waals surface area (Å²) in [5, 5.41) is 3.54. The van der Waals surface area contributed by atoms with Crippen LogP contribution < -0.4 is 10.4 Å². The van der Waals surface area contributed by atoms with Gasteiger partial charge in [-0.3, -0.25) is 0 Å². The van der Waals surface area contributed by atoms with E-state index in [1.165, 1.54) is 0 Å². The van der Waals surface area contributed by atoms with Gasteiger partial charge in [0.2, 0.25) is 0 Å². The SMILES string of the molecule is C[SiH]1C[SiH](C)c2ccccc21. The lowest BCUT2D eigenvalue weighted by Crippen LogP contribution is -2.32. The summed E-state index contributed by atoms with van der Waals surface area (Å²) in [6, 6.07) is 9.13. The van der Waals surface area contributed by atoms with Crippen molar-refractivity contribution in [1.29, 1.82) is 0 Å². The molecule has 2 heteroatoms. The molecule has 2 unspecified atom stereocenters. The van der Waals surface area contributed by atoms with E-state index in [4.69, 9.17) is 0 Å². The van der Waals surface area contributed by atoms with E-state index in [-0.39, 0.29) is 0 Å². The molecule has 1 aromatic carbocycles. The highest BCUT2D eigenvalue weighted by atomic mass is 28.3. The van der Waals surface area contributed by atoms with Gasteiger partial charge < -0.3 is 0 Å². The Morgan fingerprint density at radius 2 is 1.45 bits per heavy atom. The molecule has 1 aromatic rings. The maximum atomic E-state index is 2.50. The van der Waals surface area contributed by atoms with Gasteiger partial charge in [0.05, 0.1) is 17.6 Å².